The van der Waals surface area contributed by atoms with Crippen molar-refractivity contribution in [2.75, 3.05) is 16.0 Å². The molecule has 3 rings (SSSR count). The third-order valence-electron chi connectivity index (χ3n) is 4.57. The first kappa shape index (κ1) is 22.8. The summed E-state index contributed by atoms with van der Waals surface area (Å²) < 4.78 is 0. The van der Waals surface area contributed by atoms with E-state index >= 15 is 0 Å². The maximum absolute atomic E-state index is 12.7. The van der Waals surface area contributed by atoms with Crippen molar-refractivity contribution in [1.82, 2.24) is 0 Å². The van der Waals surface area contributed by atoms with E-state index in [9.17, 15) is 4.79 Å². The van der Waals surface area contributed by atoms with Gasteiger partial charge in [-0.05, 0) is 93.5 Å². The summed E-state index contributed by atoms with van der Waals surface area (Å²) in [5.74, 6) is -0.0232. The van der Waals surface area contributed by atoms with Crippen molar-refractivity contribution in [2.45, 2.75) is 37.8 Å². The summed E-state index contributed by atoms with van der Waals surface area (Å²) in [4.78, 5) is 13.6. The monoisotopic (exact) mass is 449 g/mol. The van der Waals surface area contributed by atoms with Gasteiger partial charge in [0.15, 0.2) is 5.11 Å². The minimum atomic E-state index is -0.242. The molecule has 0 saturated heterocycles. The number of thiocarbonyl (C=S) groups is 1. The molecule has 0 aliphatic heterocycles. The van der Waals surface area contributed by atoms with E-state index in [2.05, 4.69) is 22.0 Å². The first-order valence-corrected chi connectivity index (χ1v) is 11.4. The van der Waals surface area contributed by atoms with Crippen LogP contribution in [0.15, 0.2) is 71.6 Å². The predicted octanol–water partition coefficient (Wildman–Crippen LogP) is 6.54. The molecule has 0 radical (unpaired) electrons. The van der Waals surface area contributed by atoms with Gasteiger partial charge in [-0.1, -0.05) is 29.8 Å². The summed E-state index contributed by atoms with van der Waals surface area (Å²) in [5.41, 5.74) is 6.10. The molecule has 6 heteroatoms. The van der Waals surface area contributed by atoms with E-state index in [4.69, 9.17) is 12.2 Å². The topological polar surface area (TPSA) is 53.2 Å². The average Bonchev–Trinajstić information content (AvgIpc) is 2.69. The summed E-state index contributed by atoms with van der Waals surface area (Å²) >= 11 is 6.93. The van der Waals surface area contributed by atoms with Gasteiger partial charge in [0.2, 0.25) is 5.91 Å². The molecule has 4 nitrogen and oxygen atoms in total. The first-order valence-electron chi connectivity index (χ1n) is 10.1. The van der Waals surface area contributed by atoms with Crippen LogP contribution in [0.3, 0.4) is 0 Å². The smallest absolute Gasteiger partial charge is 0.237 e. The molecule has 0 saturated carbocycles. The van der Waals surface area contributed by atoms with Gasteiger partial charge in [-0.15, -0.1) is 11.8 Å². The molecule has 0 spiro atoms. The maximum atomic E-state index is 12.7. The Labute approximate surface area is 193 Å². The van der Waals surface area contributed by atoms with Crippen LogP contribution in [-0.4, -0.2) is 16.3 Å². The Kier molecular flexibility index (Phi) is 7.71. The van der Waals surface area contributed by atoms with E-state index in [-0.39, 0.29) is 11.2 Å². The molecule has 0 aromatic heterocycles. The average molecular weight is 450 g/mol. The van der Waals surface area contributed by atoms with Gasteiger partial charge in [0.1, 0.15) is 0 Å². The second-order valence-corrected chi connectivity index (χ2v) is 9.42. The lowest BCUT2D eigenvalue weighted by molar-refractivity contribution is -0.115. The largest absolute Gasteiger partial charge is 0.332 e. The molecule has 0 heterocycles. The molecule has 0 aliphatic carbocycles. The fourth-order valence-electron chi connectivity index (χ4n) is 3.13. The van der Waals surface area contributed by atoms with Crippen LogP contribution >= 0.6 is 24.0 Å². The van der Waals surface area contributed by atoms with Crippen molar-refractivity contribution in [3.05, 3.63) is 83.4 Å². The Morgan fingerprint density at radius 3 is 2.10 bits per heavy atom. The van der Waals surface area contributed by atoms with Gasteiger partial charge in [0, 0.05) is 22.0 Å². The number of hydrogen-bond donors (Lipinski definition) is 3. The van der Waals surface area contributed by atoms with Crippen LogP contribution in [0.5, 0.6) is 0 Å². The Morgan fingerprint density at radius 1 is 0.774 bits per heavy atom. The lowest BCUT2D eigenvalue weighted by Crippen LogP contribution is -2.22. The zero-order valence-corrected chi connectivity index (χ0v) is 19.8. The molecule has 0 fully saturated rings. The van der Waals surface area contributed by atoms with Crippen LogP contribution in [0, 0.1) is 20.8 Å². The van der Waals surface area contributed by atoms with Gasteiger partial charge in [-0.2, -0.15) is 0 Å². The van der Waals surface area contributed by atoms with Crippen LogP contribution in [-0.2, 0) is 4.79 Å². The van der Waals surface area contributed by atoms with E-state index in [0.717, 1.165) is 33.1 Å². The molecule has 3 N–H and O–H groups in total. The molecule has 160 valence electrons. The third kappa shape index (κ3) is 7.12. The highest BCUT2D eigenvalue weighted by Gasteiger charge is 2.15. The number of aryl methyl sites for hydroxylation is 3. The number of anilines is 3. The van der Waals surface area contributed by atoms with E-state index in [1.807, 2.05) is 88.4 Å². The minimum Gasteiger partial charge on any atom is -0.332 e. The standard InChI is InChI=1S/C25H27N3OS2/c1-16-8-10-20(11-9-16)27-25(30)28-21-6-5-7-23(15-21)31-19(4)24(29)26-22-13-17(2)12-18(3)14-22/h5-15,19H,1-4H3,(H,26,29)(H2,27,28,30). The van der Waals surface area contributed by atoms with Crippen molar-refractivity contribution in [3.8, 4) is 0 Å². The second kappa shape index (κ2) is 10.5. The molecule has 3 aromatic carbocycles. The van der Waals surface area contributed by atoms with E-state index < -0.39 is 0 Å². The lowest BCUT2D eigenvalue weighted by atomic mass is 10.1. The first-order chi connectivity index (χ1) is 14.8. The number of hydrogen-bond acceptors (Lipinski definition) is 3. The van der Waals surface area contributed by atoms with Gasteiger partial charge in [0.25, 0.3) is 0 Å². The van der Waals surface area contributed by atoms with Crippen molar-refractivity contribution >= 4 is 52.1 Å². The number of thioether (sulfide) groups is 1. The zero-order valence-electron chi connectivity index (χ0n) is 18.2. The highest BCUT2D eigenvalue weighted by atomic mass is 32.2. The molecule has 1 atom stereocenters. The summed E-state index contributed by atoms with van der Waals surface area (Å²) in [7, 11) is 0. The zero-order chi connectivity index (χ0) is 22.4. The Balaban J connectivity index is 1.58. The van der Waals surface area contributed by atoms with Crippen LogP contribution < -0.4 is 16.0 Å². The van der Waals surface area contributed by atoms with Gasteiger partial charge in [-0.3, -0.25) is 4.79 Å². The van der Waals surface area contributed by atoms with Crippen molar-refractivity contribution in [3.63, 3.8) is 0 Å². The normalized spacial score (nSPS) is 11.5. The van der Waals surface area contributed by atoms with E-state index in [1.54, 1.807) is 0 Å². The van der Waals surface area contributed by atoms with Gasteiger partial charge in [0.05, 0.1) is 5.25 Å². The Morgan fingerprint density at radius 2 is 1.42 bits per heavy atom. The van der Waals surface area contributed by atoms with Crippen molar-refractivity contribution in [2.24, 2.45) is 0 Å². The lowest BCUT2D eigenvalue weighted by Gasteiger charge is -2.15. The molecular weight excluding hydrogens is 422 g/mol. The molecule has 0 aliphatic rings. The molecule has 31 heavy (non-hydrogen) atoms. The highest BCUT2D eigenvalue weighted by Crippen LogP contribution is 2.27. The number of carbonyl (C=O) groups excluding carboxylic acids is 1. The SMILES string of the molecule is Cc1ccc(NC(=S)Nc2cccc(SC(C)C(=O)Nc3cc(C)cc(C)c3)c2)cc1. The third-order valence-corrected chi connectivity index (χ3v) is 5.87. The van der Waals surface area contributed by atoms with Gasteiger partial charge >= 0.3 is 0 Å². The number of benzene rings is 3. The van der Waals surface area contributed by atoms with Crippen molar-refractivity contribution < 1.29 is 4.79 Å². The molecule has 3 aromatic rings. The molecule has 1 unspecified atom stereocenters. The summed E-state index contributed by atoms with van der Waals surface area (Å²) in [6.45, 7) is 8.01. The van der Waals surface area contributed by atoms with Crippen LogP contribution in [0.1, 0.15) is 23.6 Å². The number of rotatable bonds is 6. The van der Waals surface area contributed by atoms with E-state index in [1.165, 1.54) is 17.3 Å². The molecule has 1 amide bonds. The van der Waals surface area contributed by atoms with Gasteiger partial charge in [-0.25, -0.2) is 0 Å². The van der Waals surface area contributed by atoms with Gasteiger partial charge < -0.3 is 16.0 Å². The second-order valence-electron chi connectivity index (χ2n) is 7.60. The van der Waals surface area contributed by atoms with Crippen molar-refractivity contribution in [1.29, 1.82) is 0 Å². The predicted molar refractivity (Wildman–Crippen MR) is 137 cm³/mol. The summed E-state index contributed by atoms with van der Waals surface area (Å²) in [5, 5.41) is 9.68. The van der Waals surface area contributed by atoms with E-state index in [0.29, 0.717) is 5.11 Å². The number of amides is 1. The fraction of sp³-hybridized carbons (Fsp3) is 0.200. The Bertz CT molecular complexity index is 1060. The molecular formula is C25H27N3OS2. The van der Waals surface area contributed by atoms with Crippen LogP contribution in [0.2, 0.25) is 0 Å². The minimum absolute atomic E-state index is 0.0232. The summed E-state index contributed by atoms with van der Waals surface area (Å²) in [6.07, 6.45) is 0. The summed E-state index contributed by atoms with van der Waals surface area (Å²) in [6, 6.07) is 22.0. The number of carbonyl (C=O) groups is 1. The number of nitrogens with one attached hydrogen (secondary N) is 3. The fourth-order valence-corrected chi connectivity index (χ4v) is 4.29. The Hall–Kier alpha value is -2.83. The maximum Gasteiger partial charge on any atom is 0.237 e. The van der Waals surface area contributed by atoms with Crippen LogP contribution in [0.4, 0.5) is 17.1 Å². The molecule has 0 bridgehead atoms. The van der Waals surface area contributed by atoms with Crippen LogP contribution in [0.25, 0.3) is 0 Å². The highest BCUT2D eigenvalue weighted by molar-refractivity contribution is 8.00. The quantitative estimate of drug-likeness (QED) is 0.295.